The number of rotatable bonds is 6. The van der Waals surface area contributed by atoms with Gasteiger partial charge in [-0.15, -0.1) is 0 Å². The van der Waals surface area contributed by atoms with Crippen LogP contribution in [-0.2, 0) is 11.2 Å². The molecule has 0 unspecified atom stereocenters. The first-order valence-corrected chi connectivity index (χ1v) is 5.83. The minimum Gasteiger partial charge on any atom is -0.493 e. The Morgan fingerprint density at radius 3 is 2.41 bits per heavy atom. The summed E-state index contributed by atoms with van der Waals surface area (Å²) >= 11 is 0. The fraction of sp³-hybridized carbons (Fsp3) is 0.500. The quantitative estimate of drug-likeness (QED) is 0.712. The molecule has 0 heterocycles. The monoisotopic (exact) mass is 236 g/mol. The number of carbonyl (C=O) groups excluding carboxylic acids is 1. The summed E-state index contributed by atoms with van der Waals surface area (Å²) < 4.78 is 10.7. The lowest BCUT2D eigenvalue weighted by Crippen LogP contribution is -2.03. The van der Waals surface area contributed by atoms with Gasteiger partial charge in [0.05, 0.1) is 14.2 Å². The Bertz CT molecular complexity index is 383. The number of hydrogen-bond donors (Lipinski definition) is 0. The first-order valence-electron chi connectivity index (χ1n) is 5.83. The summed E-state index contributed by atoms with van der Waals surface area (Å²) in [4.78, 5) is 10.5. The van der Waals surface area contributed by atoms with Gasteiger partial charge in [0.15, 0.2) is 11.5 Å². The smallest absolute Gasteiger partial charge is 0.164 e. The second-order valence-corrected chi connectivity index (χ2v) is 4.23. The second-order valence-electron chi connectivity index (χ2n) is 4.23. The van der Waals surface area contributed by atoms with E-state index in [0.717, 1.165) is 23.3 Å². The second kappa shape index (κ2) is 6.28. The molecule has 17 heavy (non-hydrogen) atoms. The molecule has 0 aliphatic heterocycles. The molecule has 0 amide bonds. The summed E-state index contributed by atoms with van der Waals surface area (Å²) in [6.07, 6.45) is 2.13. The number of benzene rings is 1. The van der Waals surface area contributed by atoms with E-state index in [1.54, 1.807) is 14.2 Å². The van der Waals surface area contributed by atoms with Crippen LogP contribution in [-0.4, -0.2) is 20.5 Å². The zero-order valence-electron chi connectivity index (χ0n) is 10.9. The fourth-order valence-corrected chi connectivity index (χ4v) is 2.01. The molecule has 0 N–H and O–H groups in total. The molecule has 1 rings (SSSR count). The molecule has 1 aromatic rings. The van der Waals surface area contributed by atoms with E-state index in [-0.39, 0.29) is 0 Å². The molecule has 0 radical (unpaired) electrons. The number of hydrogen-bond acceptors (Lipinski definition) is 3. The zero-order valence-corrected chi connectivity index (χ0v) is 10.9. The van der Waals surface area contributed by atoms with Crippen LogP contribution in [0.1, 0.15) is 37.3 Å². The molecule has 3 heteroatoms. The molecule has 0 atom stereocenters. The largest absolute Gasteiger partial charge is 0.493 e. The molecule has 0 aliphatic carbocycles. The Balaban J connectivity index is 3.27. The van der Waals surface area contributed by atoms with Gasteiger partial charge in [0.1, 0.15) is 6.29 Å². The number of aldehydes is 1. The van der Waals surface area contributed by atoms with Crippen LogP contribution in [0, 0.1) is 0 Å². The van der Waals surface area contributed by atoms with Gasteiger partial charge in [-0.05, 0) is 24.0 Å². The number of ether oxygens (including phenoxy) is 2. The van der Waals surface area contributed by atoms with Gasteiger partial charge < -0.3 is 14.3 Å². The maximum atomic E-state index is 10.5. The summed E-state index contributed by atoms with van der Waals surface area (Å²) in [6.45, 7) is 4.26. The standard InChI is InChI=1S/C14H20O3/c1-10(2)11-7-8-13(16-3)14(17-4)12(11)6-5-9-15/h7-10H,5-6H2,1-4H3. The van der Waals surface area contributed by atoms with E-state index in [4.69, 9.17) is 9.47 Å². The van der Waals surface area contributed by atoms with Gasteiger partial charge >= 0.3 is 0 Å². The molecular weight excluding hydrogens is 216 g/mol. The average Bonchev–Trinajstić information content (AvgIpc) is 2.34. The highest BCUT2D eigenvalue weighted by Gasteiger charge is 2.16. The summed E-state index contributed by atoms with van der Waals surface area (Å²) in [6, 6.07) is 3.96. The normalized spacial score (nSPS) is 10.4. The van der Waals surface area contributed by atoms with Crippen LogP contribution in [0.4, 0.5) is 0 Å². The first-order chi connectivity index (χ1) is 8.15. The summed E-state index contributed by atoms with van der Waals surface area (Å²) in [5, 5.41) is 0. The topological polar surface area (TPSA) is 35.5 Å². The van der Waals surface area contributed by atoms with Crippen LogP contribution in [0.5, 0.6) is 11.5 Å². The third-order valence-corrected chi connectivity index (χ3v) is 2.82. The van der Waals surface area contributed by atoms with E-state index in [9.17, 15) is 4.79 Å². The van der Waals surface area contributed by atoms with E-state index < -0.39 is 0 Å². The van der Waals surface area contributed by atoms with Gasteiger partial charge in [-0.2, -0.15) is 0 Å². The van der Waals surface area contributed by atoms with Crippen molar-refractivity contribution in [2.24, 2.45) is 0 Å². The molecule has 0 bridgehead atoms. The van der Waals surface area contributed by atoms with Crippen molar-refractivity contribution in [2.75, 3.05) is 14.2 Å². The van der Waals surface area contributed by atoms with Gasteiger partial charge in [0.2, 0.25) is 0 Å². The van der Waals surface area contributed by atoms with Crippen molar-refractivity contribution >= 4 is 6.29 Å². The highest BCUT2D eigenvalue weighted by atomic mass is 16.5. The van der Waals surface area contributed by atoms with E-state index in [2.05, 4.69) is 13.8 Å². The van der Waals surface area contributed by atoms with Crippen molar-refractivity contribution in [3.8, 4) is 11.5 Å². The minimum absolute atomic E-state index is 0.399. The first kappa shape index (κ1) is 13.6. The molecule has 0 saturated heterocycles. The maximum absolute atomic E-state index is 10.5. The molecular formula is C14H20O3. The van der Waals surface area contributed by atoms with Crippen LogP contribution in [0.2, 0.25) is 0 Å². The maximum Gasteiger partial charge on any atom is 0.164 e. The number of carbonyl (C=O) groups is 1. The molecule has 0 spiro atoms. The molecule has 0 aromatic heterocycles. The Morgan fingerprint density at radius 1 is 1.24 bits per heavy atom. The predicted molar refractivity (Wildman–Crippen MR) is 68.0 cm³/mol. The number of methoxy groups -OCH3 is 2. The van der Waals surface area contributed by atoms with Gasteiger partial charge in [-0.1, -0.05) is 19.9 Å². The average molecular weight is 236 g/mol. The van der Waals surface area contributed by atoms with Crippen molar-refractivity contribution in [1.82, 2.24) is 0 Å². The van der Waals surface area contributed by atoms with Crippen LogP contribution < -0.4 is 9.47 Å². The van der Waals surface area contributed by atoms with Crippen LogP contribution in [0.3, 0.4) is 0 Å². The third kappa shape index (κ3) is 2.99. The Morgan fingerprint density at radius 2 is 1.94 bits per heavy atom. The van der Waals surface area contributed by atoms with Crippen LogP contribution in [0.25, 0.3) is 0 Å². The molecule has 0 aliphatic rings. The van der Waals surface area contributed by atoms with E-state index in [1.165, 1.54) is 5.56 Å². The van der Waals surface area contributed by atoms with E-state index >= 15 is 0 Å². The minimum atomic E-state index is 0.399. The third-order valence-electron chi connectivity index (χ3n) is 2.82. The molecule has 3 nitrogen and oxygen atoms in total. The molecule has 0 saturated carbocycles. The molecule has 0 fully saturated rings. The predicted octanol–water partition coefficient (Wildman–Crippen LogP) is 2.96. The van der Waals surface area contributed by atoms with Gasteiger partial charge in [-0.25, -0.2) is 0 Å². The van der Waals surface area contributed by atoms with Crippen molar-refractivity contribution in [2.45, 2.75) is 32.6 Å². The lowest BCUT2D eigenvalue weighted by molar-refractivity contribution is -0.107. The van der Waals surface area contributed by atoms with Crippen molar-refractivity contribution in [1.29, 1.82) is 0 Å². The Kier molecular flexibility index (Phi) is 5.01. The van der Waals surface area contributed by atoms with Crippen molar-refractivity contribution in [3.63, 3.8) is 0 Å². The van der Waals surface area contributed by atoms with Crippen LogP contribution >= 0.6 is 0 Å². The van der Waals surface area contributed by atoms with E-state index in [1.807, 2.05) is 12.1 Å². The van der Waals surface area contributed by atoms with E-state index in [0.29, 0.717) is 18.8 Å². The van der Waals surface area contributed by atoms with Gasteiger partial charge in [0.25, 0.3) is 0 Å². The highest BCUT2D eigenvalue weighted by Crippen LogP contribution is 2.36. The van der Waals surface area contributed by atoms with Gasteiger partial charge in [-0.3, -0.25) is 0 Å². The summed E-state index contributed by atoms with van der Waals surface area (Å²) in [7, 11) is 3.25. The lowest BCUT2D eigenvalue weighted by atomic mass is 9.93. The highest BCUT2D eigenvalue weighted by molar-refractivity contribution is 5.55. The molecule has 1 aromatic carbocycles. The van der Waals surface area contributed by atoms with Crippen molar-refractivity contribution < 1.29 is 14.3 Å². The Hall–Kier alpha value is -1.51. The Labute approximate surface area is 103 Å². The van der Waals surface area contributed by atoms with Crippen LogP contribution in [0.15, 0.2) is 12.1 Å². The summed E-state index contributed by atoms with van der Waals surface area (Å²) in [5.74, 6) is 1.87. The zero-order chi connectivity index (χ0) is 12.8. The molecule has 94 valence electrons. The summed E-state index contributed by atoms with van der Waals surface area (Å²) in [5.41, 5.74) is 2.29. The van der Waals surface area contributed by atoms with Crippen molar-refractivity contribution in [3.05, 3.63) is 23.3 Å². The SMILES string of the molecule is COc1ccc(C(C)C)c(CCC=O)c1OC. The fourth-order valence-electron chi connectivity index (χ4n) is 2.01. The lowest BCUT2D eigenvalue weighted by Gasteiger charge is -2.18. The van der Waals surface area contributed by atoms with Gasteiger partial charge in [0, 0.05) is 12.0 Å².